The topological polar surface area (TPSA) is 67.2 Å². The van der Waals surface area contributed by atoms with Gasteiger partial charge in [0, 0.05) is 15.8 Å². The van der Waals surface area contributed by atoms with E-state index in [2.05, 4.69) is 15.6 Å². The lowest BCUT2D eigenvalue weighted by atomic mass is 10.2. The summed E-state index contributed by atoms with van der Waals surface area (Å²) in [6.45, 7) is 0. The first-order chi connectivity index (χ1) is 15.5. The van der Waals surface area contributed by atoms with Crippen LogP contribution in [0.5, 0.6) is 0 Å². The Kier molecular flexibility index (Phi) is 5.34. The van der Waals surface area contributed by atoms with Crippen LogP contribution in [0.2, 0.25) is 5.02 Å². The molecule has 5 rings (SSSR count). The number of aromatic nitrogens is 1. The molecule has 0 bridgehead atoms. The zero-order valence-corrected chi connectivity index (χ0v) is 18.6. The molecule has 0 unspecified atom stereocenters. The second-order valence-corrected chi connectivity index (χ2v) is 8.67. The second kappa shape index (κ2) is 8.31. The smallest absolute Gasteiger partial charge is 0.269 e. The largest absolute Gasteiger partial charge is 0.436 e. The standard InChI is InChI=1S/C23H13ClFN3O2S2/c24-19-14-6-2-4-8-18(14)32-20(19)21(29)28-23(31)26-12-9-10-17-16(11-12)27-22(30-17)13-5-1-3-7-15(13)25/h1-11H,(H2,26,28,29,31). The number of carbonyl (C=O) groups excluding carboxylic acids is 1. The van der Waals surface area contributed by atoms with E-state index in [9.17, 15) is 9.18 Å². The summed E-state index contributed by atoms with van der Waals surface area (Å²) in [6.07, 6.45) is 0. The molecule has 2 aromatic heterocycles. The van der Waals surface area contributed by atoms with Gasteiger partial charge in [0.05, 0.1) is 10.6 Å². The molecule has 5 nitrogen and oxygen atoms in total. The first-order valence-electron chi connectivity index (χ1n) is 9.44. The Bertz CT molecular complexity index is 1510. The third-order valence-electron chi connectivity index (χ3n) is 4.72. The summed E-state index contributed by atoms with van der Waals surface area (Å²) >= 11 is 12.9. The summed E-state index contributed by atoms with van der Waals surface area (Å²) < 4.78 is 20.6. The molecule has 2 N–H and O–H groups in total. The molecule has 0 fully saturated rings. The van der Waals surface area contributed by atoms with Crippen molar-refractivity contribution in [1.29, 1.82) is 0 Å². The van der Waals surface area contributed by atoms with Crippen LogP contribution in [0.15, 0.2) is 71.1 Å². The van der Waals surface area contributed by atoms with Crippen LogP contribution in [0, 0.1) is 5.82 Å². The van der Waals surface area contributed by atoms with E-state index >= 15 is 0 Å². The van der Waals surface area contributed by atoms with E-state index in [0.29, 0.717) is 26.7 Å². The normalized spacial score (nSPS) is 11.1. The molecule has 5 aromatic rings. The zero-order chi connectivity index (χ0) is 22.2. The Labute approximate surface area is 195 Å². The van der Waals surface area contributed by atoms with Gasteiger partial charge < -0.3 is 9.73 Å². The molecule has 0 aliphatic carbocycles. The summed E-state index contributed by atoms with van der Waals surface area (Å²) in [6, 6.07) is 18.9. The van der Waals surface area contributed by atoms with Crippen molar-refractivity contribution in [3.05, 3.63) is 82.4 Å². The van der Waals surface area contributed by atoms with Crippen LogP contribution in [0.25, 0.3) is 32.6 Å². The number of anilines is 1. The Balaban J connectivity index is 1.33. The van der Waals surface area contributed by atoms with Crippen molar-refractivity contribution in [2.75, 3.05) is 5.32 Å². The number of rotatable bonds is 3. The van der Waals surface area contributed by atoms with Gasteiger partial charge >= 0.3 is 0 Å². The molecular weight excluding hydrogens is 469 g/mol. The molecule has 0 aliphatic heterocycles. The molecule has 32 heavy (non-hydrogen) atoms. The molecule has 0 spiro atoms. The molecule has 0 radical (unpaired) electrons. The maximum atomic E-state index is 14.0. The van der Waals surface area contributed by atoms with Gasteiger partial charge in [0.2, 0.25) is 5.89 Å². The first kappa shape index (κ1) is 20.6. The number of thiocarbonyl (C=S) groups is 1. The number of hydrogen-bond donors (Lipinski definition) is 2. The van der Waals surface area contributed by atoms with E-state index in [1.165, 1.54) is 17.4 Å². The maximum absolute atomic E-state index is 14.0. The number of benzene rings is 3. The number of amides is 1. The van der Waals surface area contributed by atoms with E-state index in [1.54, 1.807) is 36.4 Å². The molecule has 158 valence electrons. The van der Waals surface area contributed by atoms with Gasteiger partial charge in [0.1, 0.15) is 16.2 Å². The molecule has 9 heteroatoms. The monoisotopic (exact) mass is 481 g/mol. The fraction of sp³-hybridized carbons (Fsp3) is 0. The molecule has 1 amide bonds. The predicted molar refractivity (Wildman–Crippen MR) is 130 cm³/mol. The Morgan fingerprint density at radius 1 is 1.09 bits per heavy atom. The molecule has 0 atom stereocenters. The average molecular weight is 482 g/mol. The predicted octanol–water partition coefficient (Wildman–Crippen LogP) is 6.63. The number of fused-ring (bicyclic) bond motifs is 2. The first-order valence-corrected chi connectivity index (χ1v) is 11.0. The van der Waals surface area contributed by atoms with Crippen molar-refractivity contribution in [2.45, 2.75) is 0 Å². The number of nitrogens with one attached hydrogen (secondary N) is 2. The van der Waals surface area contributed by atoms with Gasteiger partial charge in [-0.1, -0.05) is 41.9 Å². The third-order valence-corrected chi connectivity index (χ3v) is 6.60. The van der Waals surface area contributed by atoms with Gasteiger partial charge in [0.15, 0.2) is 10.7 Å². The number of oxazole rings is 1. The molecule has 2 heterocycles. The van der Waals surface area contributed by atoms with E-state index in [-0.39, 0.29) is 16.6 Å². The fourth-order valence-corrected chi connectivity index (χ4v) is 4.86. The summed E-state index contributed by atoms with van der Waals surface area (Å²) in [4.78, 5) is 17.4. The SMILES string of the molecule is O=C(NC(=S)Nc1ccc2oc(-c3ccccc3F)nc2c1)c1sc2ccccc2c1Cl. The van der Waals surface area contributed by atoms with Crippen LogP contribution in [0.1, 0.15) is 9.67 Å². The highest BCUT2D eigenvalue weighted by molar-refractivity contribution is 7.80. The highest BCUT2D eigenvalue weighted by Crippen LogP contribution is 2.35. The van der Waals surface area contributed by atoms with Crippen molar-refractivity contribution >= 4 is 73.0 Å². The highest BCUT2D eigenvalue weighted by Gasteiger charge is 2.18. The minimum Gasteiger partial charge on any atom is -0.436 e. The molecule has 3 aromatic carbocycles. The van der Waals surface area contributed by atoms with E-state index in [0.717, 1.165) is 10.1 Å². The molecular formula is C23H13ClFN3O2S2. The minimum atomic E-state index is -0.416. The van der Waals surface area contributed by atoms with Crippen LogP contribution < -0.4 is 10.6 Å². The number of thiophene rings is 1. The van der Waals surface area contributed by atoms with Gasteiger partial charge in [-0.15, -0.1) is 11.3 Å². The van der Waals surface area contributed by atoms with Crippen LogP contribution >= 0.6 is 35.2 Å². The van der Waals surface area contributed by atoms with Crippen molar-refractivity contribution in [3.63, 3.8) is 0 Å². The van der Waals surface area contributed by atoms with Crippen molar-refractivity contribution in [2.24, 2.45) is 0 Å². The van der Waals surface area contributed by atoms with Crippen LogP contribution in [-0.4, -0.2) is 16.0 Å². The summed E-state index contributed by atoms with van der Waals surface area (Å²) in [5.41, 5.74) is 1.90. The van der Waals surface area contributed by atoms with Gasteiger partial charge in [-0.05, 0) is 48.6 Å². The third kappa shape index (κ3) is 3.84. The number of halogens is 2. The zero-order valence-electron chi connectivity index (χ0n) is 16.2. The van der Waals surface area contributed by atoms with Crippen LogP contribution in [0.4, 0.5) is 10.1 Å². The Morgan fingerprint density at radius 3 is 2.69 bits per heavy atom. The van der Waals surface area contributed by atoms with E-state index in [4.69, 9.17) is 28.2 Å². The Hall–Kier alpha value is -3.33. The van der Waals surface area contributed by atoms with Crippen LogP contribution in [-0.2, 0) is 0 Å². The fourth-order valence-electron chi connectivity index (χ4n) is 3.24. The van der Waals surface area contributed by atoms with E-state index < -0.39 is 11.7 Å². The minimum absolute atomic E-state index is 0.112. The van der Waals surface area contributed by atoms with Crippen molar-refractivity contribution in [1.82, 2.24) is 10.3 Å². The summed E-state index contributed by atoms with van der Waals surface area (Å²) in [5, 5.41) is 6.94. The molecule has 0 saturated heterocycles. The lowest BCUT2D eigenvalue weighted by Crippen LogP contribution is -2.33. The molecule has 0 aliphatic rings. The van der Waals surface area contributed by atoms with Crippen molar-refractivity contribution < 1.29 is 13.6 Å². The van der Waals surface area contributed by atoms with Gasteiger partial charge in [0.25, 0.3) is 5.91 Å². The summed E-state index contributed by atoms with van der Waals surface area (Å²) in [7, 11) is 0. The lowest BCUT2D eigenvalue weighted by molar-refractivity contribution is 0.0982. The average Bonchev–Trinajstić information content (AvgIpc) is 3.35. The molecule has 0 saturated carbocycles. The number of hydrogen-bond acceptors (Lipinski definition) is 5. The van der Waals surface area contributed by atoms with Gasteiger partial charge in [-0.25, -0.2) is 9.37 Å². The number of nitrogens with zero attached hydrogens (tertiary/aromatic N) is 1. The highest BCUT2D eigenvalue weighted by atomic mass is 35.5. The van der Waals surface area contributed by atoms with Gasteiger partial charge in [-0.3, -0.25) is 10.1 Å². The quantitative estimate of drug-likeness (QED) is 0.283. The van der Waals surface area contributed by atoms with Crippen molar-refractivity contribution in [3.8, 4) is 11.5 Å². The Morgan fingerprint density at radius 2 is 1.88 bits per heavy atom. The van der Waals surface area contributed by atoms with Gasteiger partial charge in [-0.2, -0.15) is 0 Å². The number of carbonyl (C=O) groups is 1. The maximum Gasteiger partial charge on any atom is 0.269 e. The lowest BCUT2D eigenvalue weighted by Gasteiger charge is -2.08. The van der Waals surface area contributed by atoms with E-state index in [1.807, 2.05) is 24.3 Å². The summed E-state index contributed by atoms with van der Waals surface area (Å²) in [5.74, 6) is -0.621. The second-order valence-electron chi connectivity index (χ2n) is 6.83. The van der Waals surface area contributed by atoms with Crippen LogP contribution in [0.3, 0.4) is 0 Å².